The SMILES string of the molecule is Cc1ccc([C@H]2C(=C(O)c3ccc4c(c3)C[C@@H](C)O4)C(=O)C(=O)N2c2nc3ccc(F)cc3s2)cc1. The third-order valence-corrected chi connectivity index (χ3v) is 7.57. The highest BCUT2D eigenvalue weighted by molar-refractivity contribution is 7.22. The Morgan fingerprint density at radius 1 is 1.11 bits per heavy atom. The first-order valence-corrected chi connectivity index (χ1v) is 12.4. The first kappa shape index (κ1) is 22.4. The van der Waals surface area contributed by atoms with E-state index in [2.05, 4.69) is 4.98 Å². The van der Waals surface area contributed by atoms with Gasteiger partial charge in [0.15, 0.2) is 5.13 Å². The zero-order valence-corrected chi connectivity index (χ0v) is 20.3. The number of carbonyl (C=O) groups excluding carboxylic acids is 2. The van der Waals surface area contributed by atoms with E-state index in [1.165, 1.54) is 23.1 Å². The fourth-order valence-electron chi connectivity index (χ4n) is 4.81. The second kappa shape index (κ2) is 8.27. The predicted octanol–water partition coefficient (Wildman–Crippen LogP) is 5.69. The van der Waals surface area contributed by atoms with Gasteiger partial charge in [0, 0.05) is 12.0 Å². The van der Waals surface area contributed by atoms with Gasteiger partial charge in [0.25, 0.3) is 5.78 Å². The number of fused-ring (bicyclic) bond motifs is 2. The molecule has 0 saturated carbocycles. The minimum atomic E-state index is -0.889. The average molecular weight is 501 g/mol. The molecule has 2 aliphatic heterocycles. The third-order valence-electron chi connectivity index (χ3n) is 6.55. The highest BCUT2D eigenvalue weighted by atomic mass is 32.1. The molecule has 0 spiro atoms. The smallest absolute Gasteiger partial charge is 0.301 e. The number of hydrogen-bond donors (Lipinski definition) is 1. The molecular weight excluding hydrogens is 479 g/mol. The number of rotatable bonds is 3. The van der Waals surface area contributed by atoms with Crippen molar-refractivity contribution in [1.29, 1.82) is 0 Å². The first-order chi connectivity index (χ1) is 17.3. The van der Waals surface area contributed by atoms with Crippen molar-refractivity contribution < 1.29 is 23.8 Å². The van der Waals surface area contributed by atoms with Crippen LogP contribution in [0.5, 0.6) is 5.75 Å². The van der Waals surface area contributed by atoms with Crippen LogP contribution in [0.25, 0.3) is 16.0 Å². The molecule has 3 heterocycles. The Hall–Kier alpha value is -4.04. The van der Waals surface area contributed by atoms with Gasteiger partial charge >= 0.3 is 5.91 Å². The van der Waals surface area contributed by atoms with Crippen LogP contribution in [0.15, 0.2) is 66.2 Å². The summed E-state index contributed by atoms with van der Waals surface area (Å²) < 4.78 is 20.1. The largest absolute Gasteiger partial charge is 0.507 e. The van der Waals surface area contributed by atoms with Crippen molar-refractivity contribution in [2.75, 3.05) is 4.90 Å². The minimum absolute atomic E-state index is 0.0128. The van der Waals surface area contributed by atoms with Crippen LogP contribution in [0.1, 0.15) is 35.2 Å². The Balaban J connectivity index is 1.53. The lowest BCUT2D eigenvalue weighted by molar-refractivity contribution is -0.132. The monoisotopic (exact) mass is 500 g/mol. The molecule has 1 N–H and O–H groups in total. The van der Waals surface area contributed by atoms with E-state index < -0.39 is 23.5 Å². The topological polar surface area (TPSA) is 79.7 Å². The Morgan fingerprint density at radius 3 is 2.67 bits per heavy atom. The van der Waals surface area contributed by atoms with Gasteiger partial charge in [0.05, 0.1) is 21.8 Å². The third kappa shape index (κ3) is 3.56. The molecule has 36 heavy (non-hydrogen) atoms. The lowest BCUT2D eigenvalue weighted by atomic mass is 9.94. The second-order valence-electron chi connectivity index (χ2n) is 9.14. The van der Waals surface area contributed by atoms with Crippen LogP contribution in [-0.2, 0) is 16.0 Å². The Bertz CT molecular complexity index is 1590. The Morgan fingerprint density at radius 2 is 1.89 bits per heavy atom. The van der Waals surface area contributed by atoms with Crippen LogP contribution in [-0.4, -0.2) is 27.9 Å². The molecule has 8 heteroatoms. The van der Waals surface area contributed by atoms with E-state index >= 15 is 0 Å². The van der Waals surface area contributed by atoms with Gasteiger partial charge in [-0.25, -0.2) is 9.37 Å². The maximum Gasteiger partial charge on any atom is 0.301 e. The molecule has 1 aromatic heterocycles. The molecule has 6 nitrogen and oxygen atoms in total. The van der Waals surface area contributed by atoms with E-state index in [1.807, 2.05) is 38.1 Å². The van der Waals surface area contributed by atoms with E-state index in [-0.39, 0.29) is 22.6 Å². The number of benzene rings is 3. The van der Waals surface area contributed by atoms with Gasteiger partial charge < -0.3 is 9.84 Å². The molecule has 1 amide bonds. The van der Waals surface area contributed by atoms with Crippen molar-refractivity contribution in [3.05, 3.63) is 94.3 Å². The highest BCUT2D eigenvalue weighted by Crippen LogP contribution is 2.45. The number of aromatic nitrogens is 1. The van der Waals surface area contributed by atoms with Gasteiger partial charge in [-0.3, -0.25) is 14.5 Å². The summed E-state index contributed by atoms with van der Waals surface area (Å²) in [6, 6.07) is 16.0. The fourth-order valence-corrected chi connectivity index (χ4v) is 5.83. The van der Waals surface area contributed by atoms with Gasteiger partial charge in [0.1, 0.15) is 23.4 Å². The molecule has 4 aromatic rings. The minimum Gasteiger partial charge on any atom is -0.507 e. The Labute approximate surface area is 210 Å². The molecule has 180 valence electrons. The van der Waals surface area contributed by atoms with E-state index in [0.29, 0.717) is 27.8 Å². The van der Waals surface area contributed by atoms with E-state index in [0.717, 1.165) is 28.2 Å². The van der Waals surface area contributed by atoms with Gasteiger partial charge in [-0.2, -0.15) is 0 Å². The van der Waals surface area contributed by atoms with Crippen LogP contribution in [0.3, 0.4) is 0 Å². The number of carbonyl (C=O) groups is 2. The molecule has 0 radical (unpaired) electrons. The highest BCUT2D eigenvalue weighted by Gasteiger charge is 2.48. The van der Waals surface area contributed by atoms with Crippen molar-refractivity contribution >= 4 is 44.1 Å². The van der Waals surface area contributed by atoms with Crippen molar-refractivity contribution in [3.8, 4) is 5.75 Å². The number of anilines is 1. The number of aryl methyl sites for hydroxylation is 1. The maximum atomic E-state index is 13.8. The van der Waals surface area contributed by atoms with Crippen LogP contribution < -0.4 is 9.64 Å². The number of ether oxygens (including phenoxy) is 1. The van der Waals surface area contributed by atoms with Gasteiger partial charge in [-0.05, 0) is 61.4 Å². The standard InChI is InChI=1S/C28H21FN2O4S/c1-14-3-5-16(6-4-14)24-23(25(32)17-7-10-21-18(12-17)11-15(2)35-21)26(33)27(34)31(24)28-30-20-9-8-19(29)13-22(20)36-28/h3-10,12-13,15,24,32H,11H2,1-2H3/t15-,24+/m1/s1. The Kier molecular flexibility index (Phi) is 5.15. The zero-order valence-electron chi connectivity index (χ0n) is 19.5. The number of hydrogen-bond acceptors (Lipinski definition) is 6. The summed E-state index contributed by atoms with van der Waals surface area (Å²) in [5.41, 5.74) is 3.55. The van der Waals surface area contributed by atoms with Crippen molar-refractivity contribution in [1.82, 2.24) is 4.98 Å². The molecule has 1 saturated heterocycles. The van der Waals surface area contributed by atoms with E-state index in [9.17, 15) is 19.1 Å². The number of halogens is 1. The summed E-state index contributed by atoms with van der Waals surface area (Å²) in [5.74, 6) is -1.51. The molecule has 0 unspecified atom stereocenters. The van der Waals surface area contributed by atoms with E-state index in [4.69, 9.17) is 4.74 Å². The van der Waals surface area contributed by atoms with Crippen molar-refractivity contribution in [3.63, 3.8) is 0 Å². The summed E-state index contributed by atoms with van der Waals surface area (Å²) in [6.45, 7) is 3.91. The number of thiazole rings is 1. The molecule has 3 aromatic carbocycles. The quantitative estimate of drug-likeness (QED) is 0.222. The summed E-state index contributed by atoms with van der Waals surface area (Å²) in [5, 5.41) is 11.7. The number of amides is 1. The van der Waals surface area contributed by atoms with Gasteiger partial charge in [-0.1, -0.05) is 41.2 Å². The molecule has 2 aliphatic rings. The molecule has 6 rings (SSSR count). The summed E-state index contributed by atoms with van der Waals surface area (Å²) in [6.07, 6.45) is 0.716. The summed E-state index contributed by atoms with van der Waals surface area (Å²) in [7, 11) is 0. The molecular formula is C28H21FN2O4S. The van der Waals surface area contributed by atoms with Gasteiger partial charge in [-0.15, -0.1) is 0 Å². The lowest BCUT2D eigenvalue weighted by Gasteiger charge is -2.23. The van der Waals surface area contributed by atoms with Crippen LogP contribution in [0.4, 0.5) is 9.52 Å². The van der Waals surface area contributed by atoms with Crippen molar-refractivity contribution in [2.24, 2.45) is 0 Å². The first-order valence-electron chi connectivity index (χ1n) is 11.5. The molecule has 2 atom stereocenters. The van der Waals surface area contributed by atoms with Gasteiger partial charge in [0.2, 0.25) is 0 Å². The summed E-state index contributed by atoms with van der Waals surface area (Å²) in [4.78, 5) is 32.6. The second-order valence-corrected chi connectivity index (χ2v) is 10.2. The average Bonchev–Trinajstić information content (AvgIpc) is 3.51. The van der Waals surface area contributed by atoms with Crippen LogP contribution in [0, 0.1) is 12.7 Å². The fraction of sp³-hybridized carbons (Fsp3) is 0.179. The molecule has 0 bridgehead atoms. The zero-order chi connectivity index (χ0) is 25.1. The molecule has 1 fully saturated rings. The number of nitrogens with zero attached hydrogens (tertiary/aromatic N) is 2. The lowest BCUT2D eigenvalue weighted by Crippen LogP contribution is -2.29. The number of aliphatic hydroxyl groups is 1. The van der Waals surface area contributed by atoms with Crippen LogP contribution in [0.2, 0.25) is 0 Å². The number of ketones is 1. The summed E-state index contributed by atoms with van der Waals surface area (Å²) >= 11 is 1.12. The number of Topliss-reactive ketones (excluding diaryl/α,β-unsaturated/α-hetero) is 1. The normalized spacial score (nSPS) is 20.7. The van der Waals surface area contributed by atoms with Crippen molar-refractivity contribution in [2.45, 2.75) is 32.4 Å². The maximum absolute atomic E-state index is 13.8. The predicted molar refractivity (Wildman–Crippen MR) is 136 cm³/mol. The van der Waals surface area contributed by atoms with Crippen LogP contribution >= 0.6 is 11.3 Å². The molecule has 0 aliphatic carbocycles. The number of aliphatic hydroxyl groups excluding tert-OH is 1. The van der Waals surface area contributed by atoms with E-state index in [1.54, 1.807) is 18.2 Å².